The fourth-order valence-corrected chi connectivity index (χ4v) is 5.48. The first-order chi connectivity index (χ1) is 14.9. The molecule has 2 fully saturated rings. The average molecular weight is 445 g/mol. The second-order valence-corrected chi connectivity index (χ2v) is 9.94. The number of carbonyl (C=O) groups excluding carboxylic acids is 1. The first-order valence-corrected chi connectivity index (χ1v) is 12.3. The summed E-state index contributed by atoms with van der Waals surface area (Å²) < 4.78 is 17.2. The third kappa shape index (κ3) is 5.00. The molecule has 1 N–H and O–H groups in total. The first kappa shape index (κ1) is 22.4. The summed E-state index contributed by atoms with van der Waals surface area (Å²) in [7, 11) is 0. The zero-order valence-corrected chi connectivity index (χ0v) is 19.5. The molecule has 0 radical (unpaired) electrons. The topological polar surface area (TPSA) is 34.0 Å². The van der Waals surface area contributed by atoms with Gasteiger partial charge in [-0.3, -0.25) is 4.79 Å². The fourth-order valence-electron chi connectivity index (χ4n) is 5.32. The van der Waals surface area contributed by atoms with Crippen LogP contribution in [0.25, 0.3) is 11.3 Å². The molecule has 1 heterocycles. The molecule has 0 atom stereocenters. The Morgan fingerprint density at radius 3 is 2.35 bits per heavy atom. The molecule has 0 saturated heterocycles. The van der Waals surface area contributed by atoms with Crippen molar-refractivity contribution in [3.63, 3.8) is 0 Å². The molecule has 3 nitrogen and oxygen atoms in total. The van der Waals surface area contributed by atoms with Crippen LogP contribution in [0.3, 0.4) is 0 Å². The number of halogens is 2. The van der Waals surface area contributed by atoms with Gasteiger partial charge in [0.1, 0.15) is 5.82 Å². The second-order valence-electron chi connectivity index (χ2n) is 9.53. The number of amides is 1. The van der Waals surface area contributed by atoms with E-state index >= 15 is 0 Å². The Kier molecular flexibility index (Phi) is 7.05. The highest BCUT2D eigenvalue weighted by Crippen LogP contribution is 2.34. The number of benzene rings is 1. The van der Waals surface area contributed by atoms with Crippen LogP contribution in [0.4, 0.5) is 4.39 Å². The van der Waals surface area contributed by atoms with Crippen LogP contribution in [-0.4, -0.2) is 16.5 Å². The third-order valence-corrected chi connectivity index (χ3v) is 7.65. The van der Waals surface area contributed by atoms with Crippen molar-refractivity contribution in [2.24, 2.45) is 5.92 Å². The Bertz CT molecular complexity index is 939. The quantitative estimate of drug-likeness (QED) is 0.519. The molecule has 0 bridgehead atoms. The minimum Gasteiger partial charge on any atom is -0.349 e. The number of hydrogen-bond donors (Lipinski definition) is 1. The fraction of sp³-hybridized carbons (Fsp3) is 0.577. The lowest BCUT2D eigenvalue weighted by atomic mass is 9.89. The lowest BCUT2D eigenvalue weighted by Crippen LogP contribution is -2.36. The van der Waals surface area contributed by atoms with E-state index in [0.717, 1.165) is 36.3 Å². The van der Waals surface area contributed by atoms with Crippen molar-refractivity contribution in [3.05, 3.63) is 45.9 Å². The van der Waals surface area contributed by atoms with Crippen LogP contribution in [0.2, 0.25) is 5.02 Å². The highest BCUT2D eigenvalue weighted by molar-refractivity contribution is 6.31. The van der Waals surface area contributed by atoms with E-state index in [-0.39, 0.29) is 17.8 Å². The van der Waals surface area contributed by atoms with E-state index in [9.17, 15) is 9.18 Å². The molecule has 2 aliphatic rings. The Balaban J connectivity index is 1.70. The molecule has 1 amide bonds. The first-order valence-electron chi connectivity index (χ1n) is 11.9. The molecule has 4 rings (SSSR count). The van der Waals surface area contributed by atoms with Crippen molar-refractivity contribution in [3.8, 4) is 11.3 Å². The molecular formula is C26H34ClFN2O. The maximum Gasteiger partial charge on any atom is 0.253 e. The predicted molar refractivity (Wildman–Crippen MR) is 125 cm³/mol. The van der Waals surface area contributed by atoms with Crippen LogP contribution in [0.15, 0.2) is 18.2 Å². The lowest BCUT2D eigenvalue weighted by Gasteiger charge is -2.25. The zero-order chi connectivity index (χ0) is 22.0. The van der Waals surface area contributed by atoms with Gasteiger partial charge in [0.15, 0.2) is 0 Å². The van der Waals surface area contributed by atoms with Gasteiger partial charge >= 0.3 is 0 Å². The van der Waals surface area contributed by atoms with Gasteiger partial charge in [0, 0.05) is 28.9 Å². The molecule has 2 aromatic rings. The number of hydrogen-bond acceptors (Lipinski definition) is 1. The maximum absolute atomic E-state index is 15.0. The van der Waals surface area contributed by atoms with Crippen LogP contribution < -0.4 is 5.32 Å². The van der Waals surface area contributed by atoms with Crippen LogP contribution in [0, 0.1) is 25.6 Å². The van der Waals surface area contributed by atoms with Gasteiger partial charge in [-0.1, -0.05) is 50.1 Å². The Labute approximate surface area is 190 Å². The van der Waals surface area contributed by atoms with Gasteiger partial charge in [-0.05, 0) is 69.2 Å². The second kappa shape index (κ2) is 9.77. The van der Waals surface area contributed by atoms with E-state index < -0.39 is 0 Å². The van der Waals surface area contributed by atoms with Crippen LogP contribution >= 0.6 is 11.6 Å². The number of aryl methyl sites for hydroxylation is 1. The molecule has 168 valence electrons. The molecule has 2 aliphatic carbocycles. The number of carbonyl (C=O) groups is 1. The van der Waals surface area contributed by atoms with E-state index in [2.05, 4.69) is 9.88 Å². The van der Waals surface area contributed by atoms with E-state index in [1.165, 1.54) is 57.4 Å². The normalized spacial score (nSPS) is 18.3. The van der Waals surface area contributed by atoms with E-state index in [0.29, 0.717) is 22.1 Å². The maximum atomic E-state index is 15.0. The molecule has 1 aromatic heterocycles. The summed E-state index contributed by atoms with van der Waals surface area (Å²) in [6.45, 7) is 4.73. The van der Waals surface area contributed by atoms with Gasteiger partial charge in [0.25, 0.3) is 5.91 Å². The Hall–Kier alpha value is -1.81. The smallest absolute Gasteiger partial charge is 0.253 e. The summed E-state index contributed by atoms with van der Waals surface area (Å²) >= 11 is 6.15. The highest BCUT2D eigenvalue weighted by atomic mass is 35.5. The summed E-state index contributed by atoms with van der Waals surface area (Å²) in [5.74, 6) is 0.209. The number of nitrogens with one attached hydrogen (secondary N) is 1. The lowest BCUT2D eigenvalue weighted by molar-refractivity contribution is 0.0927. The van der Waals surface area contributed by atoms with Gasteiger partial charge in [0.05, 0.1) is 11.3 Å². The number of aromatic nitrogens is 1. The van der Waals surface area contributed by atoms with E-state index in [1.807, 2.05) is 26.0 Å². The molecule has 0 unspecified atom stereocenters. The average Bonchev–Trinajstić information content (AvgIpc) is 3.08. The van der Waals surface area contributed by atoms with Gasteiger partial charge in [-0.15, -0.1) is 0 Å². The Morgan fingerprint density at radius 1 is 1.03 bits per heavy atom. The zero-order valence-electron chi connectivity index (χ0n) is 18.8. The molecule has 5 heteroatoms. The van der Waals surface area contributed by atoms with Gasteiger partial charge < -0.3 is 9.88 Å². The van der Waals surface area contributed by atoms with Gasteiger partial charge in [0.2, 0.25) is 0 Å². The summed E-state index contributed by atoms with van der Waals surface area (Å²) in [4.78, 5) is 13.2. The standard InChI is InChI=1S/C26H34ClFN2O/c1-17-13-22(24(28)15-23(17)27)25-14-21(26(31)29-20-11-7-4-8-12-20)18(2)30(25)16-19-9-5-3-6-10-19/h13-15,19-20H,3-12,16H2,1-2H3,(H,29,31). The molecule has 31 heavy (non-hydrogen) atoms. The van der Waals surface area contributed by atoms with Crippen molar-refractivity contribution in [1.29, 1.82) is 0 Å². The summed E-state index contributed by atoms with van der Waals surface area (Å²) in [5, 5.41) is 3.67. The molecule has 0 spiro atoms. The minimum absolute atomic E-state index is 0.0286. The summed E-state index contributed by atoms with van der Waals surface area (Å²) in [5.41, 5.74) is 3.75. The molecule has 0 aliphatic heterocycles. The number of nitrogens with zero attached hydrogens (tertiary/aromatic N) is 1. The van der Waals surface area contributed by atoms with Crippen LogP contribution in [0.5, 0.6) is 0 Å². The molecular weight excluding hydrogens is 411 g/mol. The Morgan fingerprint density at radius 2 is 1.68 bits per heavy atom. The van der Waals surface area contributed by atoms with Crippen LogP contribution in [-0.2, 0) is 6.54 Å². The monoisotopic (exact) mass is 444 g/mol. The summed E-state index contributed by atoms with van der Waals surface area (Å²) in [6, 6.07) is 5.34. The van der Waals surface area contributed by atoms with Crippen molar-refractivity contribution < 1.29 is 9.18 Å². The van der Waals surface area contributed by atoms with Crippen molar-refractivity contribution in [1.82, 2.24) is 9.88 Å². The van der Waals surface area contributed by atoms with Crippen molar-refractivity contribution in [2.45, 2.75) is 90.6 Å². The van der Waals surface area contributed by atoms with Gasteiger partial charge in [-0.25, -0.2) is 4.39 Å². The highest BCUT2D eigenvalue weighted by Gasteiger charge is 2.25. The SMILES string of the molecule is Cc1cc(-c2cc(C(=O)NC3CCCCC3)c(C)n2CC2CCCCC2)c(F)cc1Cl. The minimum atomic E-state index is -0.336. The summed E-state index contributed by atoms with van der Waals surface area (Å²) in [6.07, 6.45) is 11.9. The van der Waals surface area contributed by atoms with Crippen molar-refractivity contribution in [2.75, 3.05) is 0 Å². The van der Waals surface area contributed by atoms with E-state index in [1.54, 1.807) is 0 Å². The van der Waals surface area contributed by atoms with E-state index in [4.69, 9.17) is 11.6 Å². The van der Waals surface area contributed by atoms with Gasteiger partial charge in [-0.2, -0.15) is 0 Å². The third-order valence-electron chi connectivity index (χ3n) is 7.24. The van der Waals surface area contributed by atoms with Crippen LogP contribution in [0.1, 0.15) is 85.8 Å². The predicted octanol–water partition coefficient (Wildman–Crippen LogP) is 7.21. The molecule has 1 aromatic carbocycles. The van der Waals surface area contributed by atoms with Crippen molar-refractivity contribution >= 4 is 17.5 Å². The molecule has 2 saturated carbocycles. The largest absolute Gasteiger partial charge is 0.349 e. The number of rotatable bonds is 5.